The van der Waals surface area contributed by atoms with E-state index in [9.17, 15) is 13.2 Å². The molecule has 1 aliphatic rings. The normalized spacial score (nSPS) is 16.6. The van der Waals surface area contributed by atoms with Crippen LogP contribution in [0.2, 0.25) is 0 Å². The molecule has 0 spiro atoms. The molecule has 0 aliphatic carbocycles. The fourth-order valence-electron chi connectivity index (χ4n) is 2.45. The van der Waals surface area contributed by atoms with Gasteiger partial charge in [0.05, 0.1) is 23.4 Å². The number of thioether (sulfide) groups is 1. The van der Waals surface area contributed by atoms with Gasteiger partial charge in [0.1, 0.15) is 0 Å². The number of rotatable bonds is 6. The molecule has 1 saturated heterocycles. The summed E-state index contributed by atoms with van der Waals surface area (Å²) in [5.74, 6) is -0.212. The Kier molecular flexibility index (Phi) is 6.42. The molecule has 2 aromatic rings. The molecule has 3 rings (SSSR count). The summed E-state index contributed by atoms with van der Waals surface area (Å²) in [6.07, 6.45) is 3.24. The van der Waals surface area contributed by atoms with E-state index in [0.29, 0.717) is 37.1 Å². The van der Waals surface area contributed by atoms with E-state index < -0.39 is 15.3 Å². The second-order valence-electron chi connectivity index (χ2n) is 5.82. The molecule has 1 fully saturated rings. The van der Waals surface area contributed by atoms with Crippen molar-refractivity contribution < 1.29 is 17.9 Å². The highest BCUT2D eigenvalue weighted by Crippen LogP contribution is 2.22. The first kappa shape index (κ1) is 19.7. The van der Waals surface area contributed by atoms with Gasteiger partial charge in [-0.25, -0.2) is 18.4 Å². The Morgan fingerprint density at radius 1 is 1.19 bits per heavy atom. The molecule has 27 heavy (non-hydrogen) atoms. The topological polar surface area (TPSA) is 101 Å². The van der Waals surface area contributed by atoms with Crippen molar-refractivity contribution in [1.82, 2.24) is 14.3 Å². The zero-order chi connectivity index (χ0) is 19.3. The van der Waals surface area contributed by atoms with E-state index in [0.717, 1.165) is 0 Å². The summed E-state index contributed by atoms with van der Waals surface area (Å²) in [6.45, 7) is 3.24. The van der Waals surface area contributed by atoms with E-state index in [1.54, 1.807) is 37.5 Å². The lowest BCUT2D eigenvalue weighted by molar-refractivity contribution is -0.115. The number of anilines is 1. The minimum Gasteiger partial charge on any atom is -0.379 e. The number of morpholine rings is 1. The molecular formula is C17H20N4O4S2. The summed E-state index contributed by atoms with van der Waals surface area (Å²) in [4.78, 5) is 20.7. The van der Waals surface area contributed by atoms with Crippen molar-refractivity contribution in [3.05, 3.63) is 42.7 Å². The average Bonchev–Trinajstić information content (AvgIpc) is 2.70. The summed E-state index contributed by atoms with van der Waals surface area (Å²) in [7, 11) is -3.54. The maximum absolute atomic E-state index is 12.6. The summed E-state index contributed by atoms with van der Waals surface area (Å²) >= 11 is 1.25. The predicted octanol–water partition coefficient (Wildman–Crippen LogP) is 1.62. The van der Waals surface area contributed by atoms with Crippen molar-refractivity contribution >= 4 is 33.4 Å². The Hall–Kier alpha value is -2.01. The third-order valence-electron chi connectivity index (χ3n) is 3.92. The SMILES string of the molecule is C[C@@H](Sc1ncccn1)C(=O)Nc1ccc(S(=O)(=O)N2CCOCC2)cc1. The maximum Gasteiger partial charge on any atom is 0.243 e. The number of hydrogen-bond donors (Lipinski definition) is 1. The van der Waals surface area contributed by atoms with E-state index in [-0.39, 0.29) is 10.8 Å². The van der Waals surface area contributed by atoms with Gasteiger partial charge in [-0.3, -0.25) is 4.79 Å². The Bertz CT molecular complexity index is 870. The van der Waals surface area contributed by atoms with Crippen LogP contribution in [-0.2, 0) is 19.6 Å². The van der Waals surface area contributed by atoms with Gasteiger partial charge in [0.15, 0.2) is 5.16 Å². The molecule has 0 unspecified atom stereocenters. The predicted molar refractivity (Wildman–Crippen MR) is 102 cm³/mol. The van der Waals surface area contributed by atoms with Crippen molar-refractivity contribution in [3.63, 3.8) is 0 Å². The number of hydrogen-bond acceptors (Lipinski definition) is 7. The van der Waals surface area contributed by atoms with Gasteiger partial charge >= 0.3 is 0 Å². The smallest absolute Gasteiger partial charge is 0.243 e. The van der Waals surface area contributed by atoms with Crippen LogP contribution in [0.3, 0.4) is 0 Å². The molecule has 144 valence electrons. The highest BCUT2D eigenvalue weighted by atomic mass is 32.2. The number of ether oxygens (including phenoxy) is 1. The largest absolute Gasteiger partial charge is 0.379 e. The Morgan fingerprint density at radius 2 is 1.81 bits per heavy atom. The third-order valence-corrected chi connectivity index (χ3v) is 6.83. The highest BCUT2D eigenvalue weighted by molar-refractivity contribution is 8.00. The van der Waals surface area contributed by atoms with Gasteiger partial charge in [-0.1, -0.05) is 11.8 Å². The average molecular weight is 409 g/mol. The Balaban J connectivity index is 1.62. The van der Waals surface area contributed by atoms with Crippen LogP contribution in [-0.4, -0.2) is 60.2 Å². The highest BCUT2D eigenvalue weighted by Gasteiger charge is 2.26. The zero-order valence-electron chi connectivity index (χ0n) is 14.7. The lowest BCUT2D eigenvalue weighted by Gasteiger charge is -2.26. The summed E-state index contributed by atoms with van der Waals surface area (Å²) < 4.78 is 31.8. The van der Waals surface area contributed by atoms with Gasteiger partial charge in [0.2, 0.25) is 15.9 Å². The molecule has 1 aromatic heterocycles. The Labute approximate surface area is 162 Å². The number of carbonyl (C=O) groups is 1. The van der Waals surface area contributed by atoms with Crippen LogP contribution in [0.1, 0.15) is 6.92 Å². The summed E-state index contributed by atoms with van der Waals surface area (Å²) in [5.41, 5.74) is 0.530. The molecule has 0 radical (unpaired) electrons. The van der Waals surface area contributed by atoms with Crippen LogP contribution in [0.15, 0.2) is 52.8 Å². The molecule has 10 heteroatoms. The van der Waals surface area contributed by atoms with E-state index >= 15 is 0 Å². The van der Waals surface area contributed by atoms with E-state index in [1.165, 1.54) is 28.2 Å². The summed E-state index contributed by atoms with van der Waals surface area (Å²) in [5, 5.41) is 2.90. The van der Waals surface area contributed by atoms with Gasteiger partial charge in [0, 0.05) is 31.2 Å². The molecule has 2 heterocycles. The lowest BCUT2D eigenvalue weighted by atomic mass is 10.3. The first-order valence-electron chi connectivity index (χ1n) is 8.39. The molecule has 1 atom stereocenters. The van der Waals surface area contributed by atoms with Crippen LogP contribution < -0.4 is 5.32 Å². The molecule has 8 nitrogen and oxygen atoms in total. The van der Waals surface area contributed by atoms with Crippen molar-refractivity contribution in [3.8, 4) is 0 Å². The first-order valence-corrected chi connectivity index (χ1v) is 10.7. The van der Waals surface area contributed by atoms with Crippen LogP contribution in [0.4, 0.5) is 5.69 Å². The monoisotopic (exact) mass is 408 g/mol. The molecule has 1 amide bonds. The fraction of sp³-hybridized carbons (Fsp3) is 0.353. The van der Waals surface area contributed by atoms with Gasteiger partial charge in [0.25, 0.3) is 0 Å². The quantitative estimate of drug-likeness (QED) is 0.572. The van der Waals surface area contributed by atoms with Gasteiger partial charge in [-0.15, -0.1) is 0 Å². The minimum atomic E-state index is -3.54. The fourth-order valence-corrected chi connectivity index (χ4v) is 4.58. The first-order chi connectivity index (χ1) is 13.0. The molecule has 1 aromatic carbocycles. The molecular weight excluding hydrogens is 388 g/mol. The number of amides is 1. The second-order valence-corrected chi connectivity index (χ2v) is 9.07. The van der Waals surface area contributed by atoms with Crippen molar-refractivity contribution in [2.75, 3.05) is 31.6 Å². The summed E-state index contributed by atoms with van der Waals surface area (Å²) in [6, 6.07) is 7.88. The van der Waals surface area contributed by atoms with Crippen LogP contribution in [0, 0.1) is 0 Å². The van der Waals surface area contributed by atoms with E-state index in [1.807, 2.05) is 0 Å². The van der Waals surface area contributed by atoms with Gasteiger partial charge in [-0.2, -0.15) is 4.31 Å². The number of aromatic nitrogens is 2. The number of carbonyl (C=O) groups excluding carboxylic acids is 1. The van der Waals surface area contributed by atoms with E-state index in [4.69, 9.17) is 4.74 Å². The van der Waals surface area contributed by atoms with Crippen molar-refractivity contribution in [2.45, 2.75) is 22.2 Å². The molecule has 0 saturated carbocycles. The van der Waals surface area contributed by atoms with Gasteiger partial charge < -0.3 is 10.1 Å². The number of nitrogens with zero attached hydrogens (tertiary/aromatic N) is 3. The number of sulfonamides is 1. The third kappa shape index (κ3) is 5.04. The van der Waals surface area contributed by atoms with Crippen LogP contribution >= 0.6 is 11.8 Å². The Morgan fingerprint density at radius 3 is 2.44 bits per heavy atom. The molecule has 1 N–H and O–H groups in total. The number of benzene rings is 1. The minimum absolute atomic E-state index is 0.197. The lowest BCUT2D eigenvalue weighted by Crippen LogP contribution is -2.40. The molecule has 0 bridgehead atoms. The van der Waals surface area contributed by atoms with Gasteiger partial charge in [-0.05, 0) is 37.3 Å². The second kappa shape index (κ2) is 8.79. The van der Waals surface area contributed by atoms with Crippen LogP contribution in [0.5, 0.6) is 0 Å². The van der Waals surface area contributed by atoms with Crippen molar-refractivity contribution in [1.29, 1.82) is 0 Å². The van der Waals surface area contributed by atoms with Crippen molar-refractivity contribution in [2.24, 2.45) is 0 Å². The number of nitrogens with one attached hydrogen (secondary N) is 1. The van der Waals surface area contributed by atoms with Crippen LogP contribution in [0.25, 0.3) is 0 Å². The standard InChI is InChI=1S/C17H20N4O4S2/c1-13(26-17-18-7-2-8-19-17)16(22)20-14-3-5-15(6-4-14)27(23,24)21-9-11-25-12-10-21/h2-8,13H,9-12H2,1H3,(H,20,22)/t13-/m1/s1. The zero-order valence-corrected chi connectivity index (χ0v) is 16.4. The maximum atomic E-state index is 12.6. The molecule has 1 aliphatic heterocycles. The van der Waals surface area contributed by atoms with E-state index in [2.05, 4.69) is 15.3 Å².